The van der Waals surface area contributed by atoms with Crippen LogP contribution in [0.4, 0.5) is 0 Å². The summed E-state index contributed by atoms with van der Waals surface area (Å²) in [5.41, 5.74) is 0.359. The highest BCUT2D eigenvalue weighted by atomic mass is 32.1. The summed E-state index contributed by atoms with van der Waals surface area (Å²) in [5.74, 6) is -0.518. The fraction of sp³-hybridized carbons (Fsp3) is 0.333. The van der Waals surface area contributed by atoms with Crippen LogP contribution in [0.15, 0.2) is 17.8 Å². The molecular formula is C12H14N4O3S. The molecule has 1 unspecified atom stereocenters. The van der Waals surface area contributed by atoms with E-state index in [2.05, 4.69) is 15.5 Å². The summed E-state index contributed by atoms with van der Waals surface area (Å²) in [7, 11) is 1.84. The van der Waals surface area contributed by atoms with Crippen LogP contribution < -0.4 is 5.32 Å². The molecule has 0 aromatic carbocycles. The van der Waals surface area contributed by atoms with E-state index in [-0.39, 0.29) is 16.7 Å². The van der Waals surface area contributed by atoms with Crippen LogP contribution in [0.5, 0.6) is 0 Å². The van der Waals surface area contributed by atoms with Crippen LogP contribution in [0.25, 0.3) is 0 Å². The van der Waals surface area contributed by atoms with Gasteiger partial charge in [0.1, 0.15) is 17.0 Å². The second kappa shape index (κ2) is 5.83. The molecule has 2 aromatic rings. The maximum atomic E-state index is 11.9. The fourth-order valence-corrected chi connectivity index (χ4v) is 2.47. The molecular weight excluding hydrogens is 280 g/mol. The smallest absolute Gasteiger partial charge is 0.345 e. The Labute approximate surface area is 119 Å². The van der Waals surface area contributed by atoms with Gasteiger partial charge in [0, 0.05) is 24.9 Å². The minimum Gasteiger partial charge on any atom is -0.477 e. The van der Waals surface area contributed by atoms with E-state index in [9.17, 15) is 9.59 Å². The van der Waals surface area contributed by atoms with Crippen LogP contribution in [0.1, 0.15) is 38.7 Å². The van der Waals surface area contributed by atoms with E-state index in [0.717, 1.165) is 17.2 Å². The largest absolute Gasteiger partial charge is 0.477 e. The molecule has 0 fully saturated rings. The number of aryl methyl sites for hydroxylation is 1. The van der Waals surface area contributed by atoms with Gasteiger partial charge in [-0.25, -0.2) is 4.79 Å². The molecule has 0 aliphatic carbocycles. The number of carbonyl (C=O) groups excluding carboxylic acids is 1. The first-order valence-corrected chi connectivity index (χ1v) is 6.81. The maximum absolute atomic E-state index is 11.9. The topological polar surface area (TPSA) is 97.1 Å². The minimum absolute atomic E-state index is 0.0176. The number of thiophene rings is 1. The third-order valence-electron chi connectivity index (χ3n) is 2.83. The lowest BCUT2D eigenvalue weighted by Gasteiger charge is -2.11. The van der Waals surface area contributed by atoms with Crippen LogP contribution in [0.3, 0.4) is 0 Å². The molecule has 20 heavy (non-hydrogen) atoms. The van der Waals surface area contributed by atoms with Crippen molar-refractivity contribution in [3.63, 3.8) is 0 Å². The molecule has 106 valence electrons. The Bertz CT molecular complexity index is 634. The highest BCUT2D eigenvalue weighted by molar-refractivity contribution is 7.12. The van der Waals surface area contributed by atoms with Gasteiger partial charge < -0.3 is 15.0 Å². The number of hydrogen-bond acceptors (Lipinski definition) is 5. The zero-order valence-corrected chi connectivity index (χ0v) is 11.8. The molecule has 0 radical (unpaired) electrons. The number of rotatable bonds is 5. The highest BCUT2D eigenvalue weighted by Gasteiger charge is 2.15. The standard InChI is InChI=1S/C12H14N4O3S/c1-7(10-15-14-6-16(10)2)4-13-11(17)8-3-9(12(18)19)20-5-8/h3,5-7H,4H2,1-2H3,(H,13,17)(H,18,19). The normalized spacial score (nSPS) is 12.1. The Morgan fingerprint density at radius 1 is 1.55 bits per heavy atom. The zero-order chi connectivity index (χ0) is 14.7. The van der Waals surface area contributed by atoms with Crippen molar-refractivity contribution >= 4 is 23.2 Å². The molecule has 2 N–H and O–H groups in total. The third-order valence-corrected chi connectivity index (χ3v) is 3.75. The van der Waals surface area contributed by atoms with Gasteiger partial charge in [0.15, 0.2) is 0 Å². The second-order valence-corrected chi connectivity index (χ2v) is 5.33. The van der Waals surface area contributed by atoms with Gasteiger partial charge in [-0.15, -0.1) is 21.5 Å². The third kappa shape index (κ3) is 3.02. The van der Waals surface area contributed by atoms with Crippen LogP contribution in [-0.4, -0.2) is 38.3 Å². The van der Waals surface area contributed by atoms with Gasteiger partial charge in [0.05, 0.1) is 5.56 Å². The van der Waals surface area contributed by atoms with Gasteiger partial charge in [-0.3, -0.25) is 4.79 Å². The number of aromatic carboxylic acids is 1. The molecule has 0 aliphatic heterocycles. The van der Waals surface area contributed by atoms with E-state index in [1.165, 1.54) is 11.4 Å². The second-order valence-electron chi connectivity index (χ2n) is 4.42. The van der Waals surface area contributed by atoms with Crippen LogP contribution >= 0.6 is 11.3 Å². The molecule has 0 aliphatic rings. The van der Waals surface area contributed by atoms with Crippen LogP contribution in [-0.2, 0) is 7.05 Å². The average Bonchev–Trinajstić information content (AvgIpc) is 3.04. The summed E-state index contributed by atoms with van der Waals surface area (Å²) >= 11 is 1.03. The Hall–Kier alpha value is -2.22. The number of carboxylic acids is 1. The predicted octanol–water partition coefficient (Wildman–Crippen LogP) is 1.11. The molecule has 0 saturated carbocycles. The fourth-order valence-electron chi connectivity index (χ4n) is 1.74. The summed E-state index contributed by atoms with van der Waals surface area (Å²) in [4.78, 5) is 22.8. The quantitative estimate of drug-likeness (QED) is 0.861. The van der Waals surface area contributed by atoms with Gasteiger partial charge in [-0.2, -0.15) is 0 Å². The van der Waals surface area contributed by atoms with Crippen molar-refractivity contribution in [2.45, 2.75) is 12.8 Å². The van der Waals surface area contributed by atoms with Crippen molar-refractivity contribution in [2.24, 2.45) is 7.05 Å². The number of hydrogen-bond donors (Lipinski definition) is 2. The first-order valence-electron chi connectivity index (χ1n) is 5.93. The lowest BCUT2D eigenvalue weighted by atomic mass is 10.1. The van der Waals surface area contributed by atoms with Gasteiger partial charge in [0.25, 0.3) is 5.91 Å². The molecule has 1 atom stereocenters. The van der Waals surface area contributed by atoms with E-state index < -0.39 is 5.97 Å². The molecule has 8 heteroatoms. The summed E-state index contributed by atoms with van der Waals surface area (Å²) in [6, 6.07) is 1.37. The van der Waals surface area contributed by atoms with Crippen molar-refractivity contribution in [3.8, 4) is 0 Å². The van der Waals surface area contributed by atoms with Gasteiger partial charge in [0.2, 0.25) is 0 Å². The Balaban J connectivity index is 1.95. The number of aromatic nitrogens is 3. The maximum Gasteiger partial charge on any atom is 0.345 e. The molecule has 2 rings (SSSR count). The summed E-state index contributed by atoms with van der Waals surface area (Å²) < 4.78 is 1.80. The van der Waals surface area contributed by atoms with Gasteiger partial charge in [-0.05, 0) is 6.07 Å². The van der Waals surface area contributed by atoms with Crippen molar-refractivity contribution in [2.75, 3.05) is 6.54 Å². The average molecular weight is 294 g/mol. The van der Waals surface area contributed by atoms with E-state index in [1.54, 1.807) is 10.9 Å². The van der Waals surface area contributed by atoms with Crippen LogP contribution in [0.2, 0.25) is 0 Å². The first-order chi connectivity index (χ1) is 9.49. The lowest BCUT2D eigenvalue weighted by molar-refractivity contribution is 0.0702. The molecule has 7 nitrogen and oxygen atoms in total. The van der Waals surface area contributed by atoms with Gasteiger partial charge in [-0.1, -0.05) is 6.92 Å². The highest BCUT2D eigenvalue weighted by Crippen LogP contribution is 2.15. The molecule has 1 amide bonds. The first kappa shape index (κ1) is 14.2. The number of carboxylic acid groups (broad SMARTS) is 1. The minimum atomic E-state index is -1.03. The molecule has 0 spiro atoms. The van der Waals surface area contributed by atoms with E-state index in [4.69, 9.17) is 5.11 Å². The SMILES string of the molecule is CC(CNC(=O)c1csc(C(=O)O)c1)c1nncn1C. The number of amides is 1. The predicted molar refractivity (Wildman–Crippen MR) is 73.0 cm³/mol. The summed E-state index contributed by atoms with van der Waals surface area (Å²) in [5, 5.41) is 20.9. The molecule has 0 bridgehead atoms. The number of carbonyl (C=O) groups is 2. The summed E-state index contributed by atoms with van der Waals surface area (Å²) in [6.45, 7) is 2.34. The number of nitrogens with zero attached hydrogens (tertiary/aromatic N) is 3. The Kier molecular flexibility index (Phi) is 4.14. The van der Waals surface area contributed by atoms with Crippen molar-refractivity contribution in [1.82, 2.24) is 20.1 Å². The van der Waals surface area contributed by atoms with Gasteiger partial charge >= 0.3 is 5.97 Å². The van der Waals surface area contributed by atoms with E-state index >= 15 is 0 Å². The zero-order valence-electron chi connectivity index (χ0n) is 11.0. The van der Waals surface area contributed by atoms with Crippen molar-refractivity contribution < 1.29 is 14.7 Å². The van der Waals surface area contributed by atoms with E-state index in [0.29, 0.717) is 12.1 Å². The number of nitrogens with one attached hydrogen (secondary N) is 1. The lowest BCUT2D eigenvalue weighted by Crippen LogP contribution is -2.28. The monoisotopic (exact) mass is 294 g/mol. The van der Waals surface area contributed by atoms with Crippen molar-refractivity contribution in [3.05, 3.63) is 34.0 Å². The van der Waals surface area contributed by atoms with Crippen molar-refractivity contribution in [1.29, 1.82) is 0 Å². The van der Waals surface area contributed by atoms with Crippen LogP contribution in [0, 0.1) is 0 Å². The molecule has 2 aromatic heterocycles. The Morgan fingerprint density at radius 3 is 2.85 bits per heavy atom. The molecule has 2 heterocycles. The molecule has 0 saturated heterocycles. The van der Waals surface area contributed by atoms with E-state index in [1.807, 2.05) is 14.0 Å². The summed E-state index contributed by atoms with van der Waals surface area (Å²) in [6.07, 6.45) is 1.60. The Morgan fingerprint density at radius 2 is 2.30 bits per heavy atom.